The Morgan fingerprint density at radius 3 is 2.26 bits per heavy atom. The zero-order valence-electron chi connectivity index (χ0n) is 24.1. The summed E-state index contributed by atoms with van der Waals surface area (Å²) >= 11 is 0. The number of benzene rings is 3. The lowest BCUT2D eigenvalue weighted by molar-refractivity contribution is 0.157. The first kappa shape index (κ1) is 29.9. The molecule has 0 amide bonds. The van der Waals surface area contributed by atoms with E-state index in [2.05, 4.69) is 68.1 Å². The van der Waals surface area contributed by atoms with E-state index in [4.69, 9.17) is 4.74 Å². The van der Waals surface area contributed by atoms with Gasteiger partial charge >= 0.3 is 0 Å². The largest absolute Gasteiger partial charge is 0.494 e. The monoisotopic (exact) mass is 517 g/mol. The van der Waals surface area contributed by atoms with Gasteiger partial charge in [-0.15, -0.1) is 0 Å². The molecule has 3 aromatic rings. The molecule has 0 bridgehead atoms. The molecule has 2 nitrogen and oxygen atoms in total. The van der Waals surface area contributed by atoms with Crippen molar-refractivity contribution < 1.29 is 9.13 Å². The maximum atomic E-state index is 12.2. The van der Waals surface area contributed by atoms with E-state index in [1.54, 1.807) is 12.1 Å². The summed E-state index contributed by atoms with van der Waals surface area (Å²) in [5, 5.41) is 0. The molecule has 1 aliphatic rings. The predicted molar refractivity (Wildman–Crippen MR) is 160 cm³/mol. The fraction of sp³-hybridized carbons (Fsp3) is 0.486. The van der Waals surface area contributed by atoms with Crippen LogP contribution in [0.3, 0.4) is 0 Å². The van der Waals surface area contributed by atoms with E-state index < -0.39 is 0 Å². The Kier molecular flexibility index (Phi) is 12.9. The molecule has 1 aliphatic heterocycles. The molecule has 0 radical (unpaired) electrons. The van der Waals surface area contributed by atoms with Crippen molar-refractivity contribution in [2.75, 3.05) is 19.7 Å². The van der Waals surface area contributed by atoms with Gasteiger partial charge in [0.1, 0.15) is 11.6 Å². The Bertz CT molecular complexity index is 1070. The van der Waals surface area contributed by atoms with Crippen LogP contribution in [0.1, 0.15) is 80.7 Å². The van der Waals surface area contributed by atoms with Crippen LogP contribution in [-0.4, -0.2) is 24.6 Å². The minimum atomic E-state index is -0.160. The summed E-state index contributed by atoms with van der Waals surface area (Å²) in [7, 11) is 0. The van der Waals surface area contributed by atoms with Gasteiger partial charge in [0, 0.05) is 6.54 Å². The lowest BCUT2D eigenvalue weighted by Gasteiger charge is -2.32. The predicted octanol–water partition coefficient (Wildman–Crippen LogP) is 8.97. The topological polar surface area (TPSA) is 12.5 Å². The van der Waals surface area contributed by atoms with Gasteiger partial charge in [-0.1, -0.05) is 75.2 Å². The van der Waals surface area contributed by atoms with E-state index in [1.165, 1.54) is 91.6 Å². The van der Waals surface area contributed by atoms with Crippen LogP contribution < -0.4 is 4.74 Å². The van der Waals surface area contributed by atoms with Gasteiger partial charge in [0.05, 0.1) is 6.61 Å². The van der Waals surface area contributed by atoms with Crippen molar-refractivity contribution in [3.05, 3.63) is 100 Å². The first-order valence-electron chi connectivity index (χ1n) is 14.8. The van der Waals surface area contributed by atoms with Gasteiger partial charge in [-0.3, -0.25) is 4.90 Å². The maximum absolute atomic E-state index is 12.2. The number of unbranched alkanes of at least 4 members (excludes halogenated alkanes) is 1. The fourth-order valence-electron chi connectivity index (χ4n) is 5.20. The molecule has 0 aromatic heterocycles. The summed E-state index contributed by atoms with van der Waals surface area (Å²) in [6.45, 7) is 13.1. The highest BCUT2D eigenvalue weighted by molar-refractivity contribution is 5.36. The summed E-state index contributed by atoms with van der Waals surface area (Å²) in [5.74, 6) is 1.70. The van der Waals surface area contributed by atoms with Gasteiger partial charge in [0.2, 0.25) is 0 Å². The van der Waals surface area contributed by atoms with Gasteiger partial charge in [-0.2, -0.15) is 0 Å². The van der Waals surface area contributed by atoms with E-state index in [-0.39, 0.29) is 5.82 Å². The van der Waals surface area contributed by atoms with E-state index in [0.717, 1.165) is 37.7 Å². The highest BCUT2D eigenvalue weighted by atomic mass is 19.1. The summed E-state index contributed by atoms with van der Waals surface area (Å²) in [6, 6.07) is 22.2. The number of hydrogen-bond acceptors (Lipinski definition) is 2. The number of halogens is 1. The molecule has 3 aromatic carbocycles. The Balaban J connectivity index is 0.000000375. The smallest absolute Gasteiger partial charge is 0.123 e. The van der Waals surface area contributed by atoms with Crippen LogP contribution in [-0.2, 0) is 25.8 Å². The molecule has 3 heteroatoms. The third-order valence-electron chi connectivity index (χ3n) is 7.67. The zero-order valence-corrected chi connectivity index (χ0v) is 24.1. The molecule has 1 heterocycles. The number of ether oxygens (including phenoxy) is 1. The number of aryl methyl sites for hydroxylation is 4. The molecular weight excluding hydrogens is 469 g/mol. The molecule has 0 saturated carbocycles. The summed E-state index contributed by atoms with van der Waals surface area (Å²) in [5.41, 5.74) is 6.94. The van der Waals surface area contributed by atoms with Crippen LogP contribution in [0.2, 0.25) is 0 Å². The van der Waals surface area contributed by atoms with Crippen molar-refractivity contribution in [2.24, 2.45) is 5.92 Å². The van der Waals surface area contributed by atoms with Crippen molar-refractivity contribution in [1.82, 2.24) is 4.90 Å². The summed E-state index contributed by atoms with van der Waals surface area (Å²) in [6.07, 6.45) is 9.56. The van der Waals surface area contributed by atoms with E-state index in [1.807, 2.05) is 6.92 Å². The zero-order chi connectivity index (χ0) is 27.2. The van der Waals surface area contributed by atoms with Crippen molar-refractivity contribution in [2.45, 2.75) is 85.6 Å². The van der Waals surface area contributed by atoms with Crippen LogP contribution in [0.25, 0.3) is 0 Å². The van der Waals surface area contributed by atoms with Gasteiger partial charge in [-0.25, -0.2) is 4.39 Å². The Hall–Kier alpha value is -2.65. The fourth-order valence-corrected chi connectivity index (χ4v) is 5.20. The first-order valence-corrected chi connectivity index (χ1v) is 14.8. The second-order valence-corrected chi connectivity index (χ2v) is 10.7. The highest BCUT2D eigenvalue weighted by Gasteiger charge is 2.19. The second kappa shape index (κ2) is 16.3. The standard InChI is InChI=1S/C27H39NO.C8H9F/c1-4-6-10-26-11-12-27(20-25(26)5-2)29-18-15-23-13-16-28(17-14-23)21-24-9-7-8-22(3)19-24;1-2-7-3-5-8(9)6-4-7/h7-9,11-12,19-20,23H,4-6,10,13-18,21H2,1-3H3;3-6H,2H2,1H3. The lowest BCUT2D eigenvalue weighted by atomic mass is 9.93. The molecule has 1 saturated heterocycles. The minimum Gasteiger partial charge on any atom is -0.494 e. The third-order valence-corrected chi connectivity index (χ3v) is 7.67. The second-order valence-electron chi connectivity index (χ2n) is 10.7. The number of nitrogens with zero attached hydrogens (tertiary/aromatic N) is 1. The normalized spacial score (nSPS) is 14.1. The molecule has 0 aliphatic carbocycles. The quantitative estimate of drug-likeness (QED) is 0.252. The highest BCUT2D eigenvalue weighted by Crippen LogP contribution is 2.24. The molecule has 4 rings (SSSR count). The van der Waals surface area contributed by atoms with Crippen LogP contribution in [0.5, 0.6) is 5.75 Å². The van der Waals surface area contributed by atoms with Gasteiger partial charge in [0.25, 0.3) is 0 Å². The SMILES string of the molecule is CCCCc1ccc(OCCC2CCN(Cc3cccc(C)c3)CC2)cc1CC.CCc1ccc(F)cc1. The van der Waals surface area contributed by atoms with Crippen LogP contribution in [0, 0.1) is 18.7 Å². The molecular formula is C35H48FNO. The van der Waals surface area contributed by atoms with Crippen molar-refractivity contribution >= 4 is 0 Å². The summed E-state index contributed by atoms with van der Waals surface area (Å²) < 4.78 is 18.4. The maximum Gasteiger partial charge on any atom is 0.123 e. The van der Waals surface area contributed by atoms with Gasteiger partial charge in [-0.05, 0) is 117 Å². The molecule has 206 valence electrons. The number of likely N-dealkylation sites (tertiary alicyclic amines) is 1. The number of rotatable bonds is 11. The van der Waals surface area contributed by atoms with Crippen molar-refractivity contribution in [3.8, 4) is 5.75 Å². The van der Waals surface area contributed by atoms with Crippen molar-refractivity contribution in [1.29, 1.82) is 0 Å². The van der Waals surface area contributed by atoms with Crippen LogP contribution in [0.4, 0.5) is 4.39 Å². The Labute approximate surface area is 231 Å². The molecule has 38 heavy (non-hydrogen) atoms. The van der Waals surface area contributed by atoms with E-state index >= 15 is 0 Å². The van der Waals surface area contributed by atoms with Crippen molar-refractivity contribution in [3.63, 3.8) is 0 Å². The number of piperidine rings is 1. The van der Waals surface area contributed by atoms with Gasteiger partial charge < -0.3 is 4.74 Å². The molecule has 0 N–H and O–H groups in total. The average Bonchev–Trinajstić information content (AvgIpc) is 2.94. The van der Waals surface area contributed by atoms with Crippen LogP contribution >= 0.6 is 0 Å². The average molecular weight is 518 g/mol. The molecule has 0 unspecified atom stereocenters. The Morgan fingerprint density at radius 1 is 0.842 bits per heavy atom. The van der Waals surface area contributed by atoms with Crippen LogP contribution in [0.15, 0.2) is 66.7 Å². The third kappa shape index (κ3) is 10.3. The molecule has 0 spiro atoms. The Morgan fingerprint density at radius 2 is 1.61 bits per heavy atom. The van der Waals surface area contributed by atoms with E-state index in [0.29, 0.717) is 0 Å². The lowest BCUT2D eigenvalue weighted by Crippen LogP contribution is -2.33. The minimum absolute atomic E-state index is 0.160. The first-order chi connectivity index (χ1) is 18.5. The molecule has 1 fully saturated rings. The number of hydrogen-bond donors (Lipinski definition) is 0. The molecule has 0 atom stereocenters. The van der Waals surface area contributed by atoms with Gasteiger partial charge in [0.15, 0.2) is 0 Å². The summed E-state index contributed by atoms with van der Waals surface area (Å²) in [4.78, 5) is 2.61. The van der Waals surface area contributed by atoms with E-state index in [9.17, 15) is 4.39 Å².